The molecule has 0 saturated carbocycles. The monoisotopic (exact) mass is 213 g/mol. The van der Waals surface area contributed by atoms with E-state index in [9.17, 15) is 8.42 Å². The maximum absolute atomic E-state index is 11.1. The van der Waals surface area contributed by atoms with E-state index in [2.05, 4.69) is 0 Å². The molecule has 0 aliphatic carbocycles. The molecule has 1 aromatic rings. The fraction of sp³-hybridized carbons (Fsp3) is 0.300. The van der Waals surface area contributed by atoms with Gasteiger partial charge in [-0.25, -0.2) is 0 Å². The van der Waals surface area contributed by atoms with E-state index in [-0.39, 0.29) is 11.2 Å². The third-order valence-electron chi connectivity index (χ3n) is 1.86. The molecule has 1 N–H and O–H groups in total. The van der Waals surface area contributed by atoms with Gasteiger partial charge in [0, 0.05) is 0 Å². The molecule has 0 amide bonds. The Morgan fingerprint density at radius 1 is 1.21 bits per heavy atom. The lowest BCUT2D eigenvalue weighted by molar-refractivity contribution is 0.476. The zero-order chi connectivity index (χ0) is 10.8. The van der Waals surface area contributed by atoms with E-state index in [0.717, 1.165) is 0 Å². The smallest absolute Gasteiger partial charge is 0.277 e. The summed E-state index contributed by atoms with van der Waals surface area (Å²) in [5.41, 5.74) is 0.546. The molecule has 0 aromatic heterocycles. The first-order valence-electron chi connectivity index (χ1n) is 4.32. The van der Waals surface area contributed by atoms with Crippen LogP contribution in [0.1, 0.15) is 19.4 Å². The number of hydrogen-bond acceptors (Lipinski definition) is 2. The molecular formula is C10H13O3S. The van der Waals surface area contributed by atoms with E-state index in [1.807, 2.05) is 0 Å². The summed E-state index contributed by atoms with van der Waals surface area (Å²) in [6.07, 6.45) is 0. The van der Waals surface area contributed by atoms with Gasteiger partial charge in [-0.2, -0.15) is 8.42 Å². The van der Waals surface area contributed by atoms with Crippen LogP contribution in [0, 0.1) is 11.2 Å². The average molecular weight is 213 g/mol. The molecule has 0 unspecified atom stereocenters. The Bertz CT molecular complexity index is 381. The van der Waals surface area contributed by atoms with Gasteiger partial charge in [-0.15, -0.1) is 0 Å². The Balaban J connectivity index is 3.15. The van der Waals surface area contributed by atoms with Gasteiger partial charge in [-0.05, 0) is 11.5 Å². The van der Waals surface area contributed by atoms with Crippen LogP contribution in [0.15, 0.2) is 30.3 Å². The topological polar surface area (TPSA) is 54.4 Å². The highest BCUT2D eigenvalue weighted by Gasteiger charge is 2.29. The predicted molar refractivity (Wildman–Crippen MR) is 55.2 cm³/mol. The molecular weight excluding hydrogens is 200 g/mol. The maximum Gasteiger partial charge on any atom is 0.277 e. The van der Waals surface area contributed by atoms with E-state index in [0.29, 0.717) is 5.56 Å². The van der Waals surface area contributed by atoms with E-state index >= 15 is 0 Å². The second kappa shape index (κ2) is 4.11. The van der Waals surface area contributed by atoms with Crippen LogP contribution in [0.5, 0.6) is 0 Å². The lowest BCUT2D eigenvalue weighted by atomic mass is 10.0. The van der Waals surface area contributed by atoms with Crippen molar-refractivity contribution in [3.63, 3.8) is 0 Å². The maximum atomic E-state index is 11.1. The van der Waals surface area contributed by atoms with Gasteiger partial charge in [-0.1, -0.05) is 44.2 Å². The van der Waals surface area contributed by atoms with E-state index in [1.54, 1.807) is 44.2 Å². The van der Waals surface area contributed by atoms with Gasteiger partial charge in [0.05, 0.1) is 0 Å². The number of rotatable bonds is 3. The van der Waals surface area contributed by atoms with E-state index in [1.165, 1.54) is 0 Å². The van der Waals surface area contributed by atoms with E-state index in [4.69, 9.17) is 4.55 Å². The first kappa shape index (κ1) is 11.2. The molecule has 0 heterocycles. The van der Waals surface area contributed by atoms with Crippen molar-refractivity contribution in [2.45, 2.75) is 13.8 Å². The van der Waals surface area contributed by atoms with Crippen molar-refractivity contribution >= 4 is 10.1 Å². The van der Waals surface area contributed by atoms with Crippen molar-refractivity contribution < 1.29 is 13.0 Å². The Morgan fingerprint density at radius 3 is 2.07 bits per heavy atom. The van der Waals surface area contributed by atoms with Crippen LogP contribution in [-0.2, 0) is 10.1 Å². The minimum atomic E-state index is -4.10. The normalized spacial score (nSPS) is 12.4. The lowest BCUT2D eigenvalue weighted by Crippen LogP contribution is -2.18. The summed E-state index contributed by atoms with van der Waals surface area (Å²) in [6.45, 7) is 3.46. The summed E-state index contributed by atoms with van der Waals surface area (Å²) in [7, 11) is -4.10. The van der Waals surface area contributed by atoms with Crippen LogP contribution in [0.3, 0.4) is 0 Å². The minimum Gasteiger partial charge on any atom is -0.285 e. The predicted octanol–water partition coefficient (Wildman–Crippen LogP) is 2.11. The molecule has 1 radical (unpaired) electrons. The second-order valence-electron chi connectivity index (χ2n) is 3.36. The summed E-state index contributed by atoms with van der Waals surface area (Å²) in [5.74, 6) is -0.229. The molecule has 0 saturated heterocycles. The molecule has 0 aliphatic rings. The van der Waals surface area contributed by atoms with Crippen LogP contribution < -0.4 is 0 Å². The van der Waals surface area contributed by atoms with Crippen molar-refractivity contribution in [2.24, 2.45) is 5.92 Å². The molecule has 14 heavy (non-hydrogen) atoms. The van der Waals surface area contributed by atoms with Crippen LogP contribution in [0.2, 0.25) is 0 Å². The van der Waals surface area contributed by atoms with Gasteiger partial charge in [0.1, 0.15) is 0 Å². The SMILES string of the molecule is CC(C)[C](c1ccccc1)S(=O)(=O)O. The third kappa shape index (κ3) is 2.56. The summed E-state index contributed by atoms with van der Waals surface area (Å²) >= 11 is 0. The Kier molecular flexibility index (Phi) is 3.29. The van der Waals surface area contributed by atoms with E-state index < -0.39 is 10.1 Å². The summed E-state index contributed by atoms with van der Waals surface area (Å²) in [4.78, 5) is 0. The van der Waals surface area contributed by atoms with Crippen molar-refractivity contribution in [3.05, 3.63) is 41.1 Å². The molecule has 0 atom stereocenters. The van der Waals surface area contributed by atoms with Gasteiger partial charge in [-0.3, -0.25) is 4.55 Å². The highest BCUT2D eigenvalue weighted by atomic mass is 32.2. The first-order valence-corrected chi connectivity index (χ1v) is 5.76. The van der Waals surface area contributed by atoms with Gasteiger partial charge < -0.3 is 0 Å². The quantitative estimate of drug-likeness (QED) is 0.782. The molecule has 77 valence electrons. The van der Waals surface area contributed by atoms with Crippen molar-refractivity contribution in [3.8, 4) is 0 Å². The third-order valence-corrected chi connectivity index (χ3v) is 3.12. The summed E-state index contributed by atoms with van der Waals surface area (Å²) in [6, 6.07) is 8.61. The Morgan fingerprint density at radius 2 is 1.71 bits per heavy atom. The molecule has 4 heteroatoms. The highest BCUT2D eigenvalue weighted by molar-refractivity contribution is 7.89. The first-order chi connectivity index (χ1) is 6.43. The van der Waals surface area contributed by atoms with Crippen molar-refractivity contribution in [2.75, 3.05) is 0 Å². The van der Waals surface area contributed by atoms with Crippen molar-refractivity contribution in [1.82, 2.24) is 0 Å². The van der Waals surface area contributed by atoms with Crippen molar-refractivity contribution in [1.29, 1.82) is 0 Å². The molecule has 1 aromatic carbocycles. The summed E-state index contributed by atoms with van der Waals surface area (Å²) < 4.78 is 31.2. The molecule has 0 spiro atoms. The standard InChI is InChI=1S/C10H13O3S/c1-8(2)10(14(11,12)13)9-6-4-3-5-7-9/h3-8H,1-2H3,(H,11,12,13). The molecule has 0 bridgehead atoms. The molecule has 1 rings (SSSR count). The summed E-state index contributed by atoms with van der Waals surface area (Å²) in [5, 5.41) is 0.0677. The highest BCUT2D eigenvalue weighted by Crippen LogP contribution is 2.27. The second-order valence-corrected chi connectivity index (χ2v) is 4.75. The lowest BCUT2D eigenvalue weighted by Gasteiger charge is -2.16. The largest absolute Gasteiger partial charge is 0.285 e. The molecule has 3 nitrogen and oxygen atoms in total. The molecule has 0 aliphatic heterocycles. The number of benzene rings is 1. The fourth-order valence-corrected chi connectivity index (χ4v) is 2.41. The van der Waals surface area contributed by atoms with Gasteiger partial charge in [0.25, 0.3) is 10.1 Å². The zero-order valence-corrected chi connectivity index (χ0v) is 8.95. The van der Waals surface area contributed by atoms with Gasteiger partial charge in [0.15, 0.2) is 5.25 Å². The van der Waals surface area contributed by atoms with Gasteiger partial charge >= 0.3 is 0 Å². The minimum absolute atomic E-state index is 0.0677. The number of hydrogen-bond donors (Lipinski definition) is 1. The average Bonchev–Trinajstić information content (AvgIpc) is 2.02. The van der Waals surface area contributed by atoms with Crippen LogP contribution >= 0.6 is 0 Å². The van der Waals surface area contributed by atoms with Crippen LogP contribution in [0.4, 0.5) is 0 Å². The Hall–Kier alpha value is -0.870. The fourth-order valence-electron chi connectivity index (χ4n) is 1.38. The zero-order valence-electron chi connectivity index (χ0n) is 8.14. The van der Waals surface area contributed by atoms with Gasteiger partial charge in [0.2, 0.25) is 0 Å². The van der Waals surface area contributed by atoms with Crippen LogP contribution in [0.25, 0.3) is 0 Å². The molecule has 0 fully saturated rings. The van der Waals surface area contributed by atoms with Crippen LogP contribution in [-0.4, -0.2) is 13.0 Å². The Labute approximate surface area is 84.5 Å².